The largest absolute Gasteiger partial charge is 0.416 e. The monoisotopic (exact) mass is 343 g/mol. The number of benzene rings is 1. The first kappa shape index (κ1) is 18.3. The second-order valence-electron chi connectivity index (χ2n) is 6.00. The number of carbonyl (C=O) groups excluding carboxylic acids is 2. The zero-order valence-electron chi connectivity index (χ0n) is 13.3. The van der Waals surface area contributed by atoms with Crippen LogP contribution >= 0.6 is 0 Å². The quantitative estimate of drug-likeness (QED) is 0.904. The van der Waals surface area contributed by atoms with Gasteiger partial charge in [-0.1, -0.05) is 18.2 Å². The van der Waals surface area contributed by atoms with Crippen LogP contribution in [-0.2, 0) is 22.3 Å². The molecular formula is C16H20F3N3O2. The van der Waals surface area contributed by atoms with Crippen LogP contribution in [0.3, 0.4) is 0 Å². The van der Waals surface area contributed by atoms with Crippen LogP contribution in [0.5, 0.6) is 0 Å². The zero-order valence-corrected chi connectivity index (χ0v) is 13.3. The van der Waals surface area contributed by atoms with Gasteiger partial charge < -0.3 is 10.6 Å². The van der Waals surface area contributed by atoms with E-state index >= 15 is 0 Å². The van der Waals surface area contributed by atoms with Crippen LogP contribution in [0.25, 0.3) is 0 Å². The molecule has 2 N–H and O–H groups in total. The van der Waals surface area contributed by atoms with Crippen molar-refractivity contribution < 1.29 is 22.8 Å². The van der Waals surface area contributed by atoms with Crippen LogP contribution in [-0.4, -0.2) is 47.8 Å². The van der Waals surface area contributed by atoms with E-state index in [-0.39, 0.29) is 19.0 Å². The Balaban J connectivity index is 2.14. The number of halogens is 3. The fraction of sp³-hybridized carbons (Fsp3) is 0.500. The number of hydrogen-bond acceptors (Lipinski definition) is 3. The van der Waals surface area contributed by atoms with Gasteiger partial charge in [0.05, 0.1) is 11.5 Å². The third-order valence-electron chi connectivity index (χ3n) is 4.11. The van der Waals surface area contributed by atoms with E-state index in [0.717, 1.165) is 12.1 Å². The number of nitrogens with two attached hydrogens (primary N) is 1. The summed E-state index contributed by atoms with van der Waals surface area (Å²) in [6.07, 6.45) is -4.39. The summed E-state index contributed by atoms with van der Waals surface area (Å²) in [5, 5.41) is 0. The van der Waals surface area contributed by atoms with Gasteiger partial charge in [0.2, 0.25) is 11.8 Å². The lowest BCUT2D eigenvalue weighted by atomic mass is 10.1. The minimum Gasteiger partial charge on any atom is -0.369 e. The Hall–Kier alpha value is -2.09. The Morgan fingerprint density at radius 3 is 2.54 bits per heavy atom. The molecule has 1 fully saturated rings. The predicted molar refractivity (Wildman–Crippen MR) is 81.7 cm³/mol. The summed E-state index contributed by atoms with van der Waals surface area (Å²) >= 11 is 0. The lowest BCUT2D eigenvalue weighted by Gasteiger charge is -2.22. The summed E-state index contributed by atoms with van der Waals surface area (Å²) in [6.45, 7) is 3.12. The van der Waals surface area contributed by atoms with Gasteiger partial charge in [0.15, 0.2) is 0 Å². The van der Waals surface area contributed by atoms with Crippen LogP contribution < -0.4 is 5.73 Å². The van der Waals surface area contributed by atoms with E-state index in [1.54, 1.807) is 11.0 Å². The molecule has 2 amide bonds. The number of nitrogens with zero attached hydrogens (tertiary/aromatic N) is 2. The molecule has 0 aliphatic carbocycles. The molecule has 1 aliphatic heterocycles. The third-order valence-corrected chi connectivity index (χ3v) is 4.11. The van der Waals surface area contributed by atoms with Crippen LogP contribution in [0.4, 0.5) is 13.2 Å². The molecule has 0 saturated carbocycles. The van der Waals surface area contributed by atoms with Crippen molar-refractivity contribution in [1.82, 2.24) is 9.80 Å². The van der Waals surface area contributed by atoms with Gasteiger partial charge in [-0.25, -0.2) is 0 Å². The fourth-order valence-corrected chi connectivity index (χ4v) is 2.79. The van der Waals surface area contributed by atoms with Gasteiger partial charge in [-0.3, -0.25) is 14.5 Å². The normalized spacial score (nSPS) is 19.8. The number of primary amides is 1. The molecule has 1 aromatic rings. The molecule has 1 atom stereocenters. The molecular weight excluding hydrogens is 323 g/mol. The fourth-order valence-electron chi connectivity index (χ4n) is 2.79. The van der Waals surface area contributed by atoms with Gasteiger partial charge in [-0.05, 0) is 11.6 Å². The summed E-state index contributed by atoms with van der Waals surface area (Å²) < 4.78 is 38.4. The Morgan fingerprint density at radius 1 is 1.25 bits per heavy atom. The summed E-state index contributed by atoms with van der Waals surface area (Å²) in [7, 11) is 0. The van der Waals surface area contributed by atoms with Crippen LogP contribution in [0.1, 0.15) is 18.1 Å². The van der Waals surface area contributed by atoms with Crippen molar-refractivity contribution in [2.24, 2.45) is 11.7 Å². The summed E-state index contributed by atoms with van der Waals surface area (Å²) in [5.74, 6) is -1.21. The molecule has 0 unspecified atom stereocenters. The Morgan fingerprint density at radius 2 is 1.96 bits per heavy atom. The van der Waals surface area contributed by atoms with Crippen molar-refractivity contribution >= 4 is 11.8 Å². The first-order chi connectivity index (χ1) is 11.2. The van der Waals surface area contributed by atoms with E-state index in [2.05, 4.69) is 0 Å². The molecule has 132 valence electrons. The highest BCUT2D eigenvalue weighted by Gasteiger charge is 2.31. The van der Waals surface area contributed by atoms with Crippen molar-refractivity contribution in [1.29, 1.82) is 0 Å². The van der Waals surface area contributed by atoms with E-state index in [9.17, 15) is 22.8 Å². The molecule has 1 aromatic carbocycles. The highest BCUT2D eigenvalue weighted by Crippen LogP contribution is 2.29. The highest BCUT2D eigenvalue weighted by atomic mass is 19.4. The number of carbonyl (C=O) groups is 2. The van der Waals surface area contributed by atoms with E-state index in [4.69, 9.17) is 5.73 Å². The molecule has 2 rings (SSSR count). The predicted octanol–water partition coefficient (Wildman–Crippen LogP) is 1.47. The maximum absolute atomic E-state index is 12.8. The van der Waals surface area contributed by atoms with E-state index in [1.807, 2.05) is 4.90 Å². The number of amides is 2. The summed E-state index contributed by atoms with van der Waals surface area (Å²) in [5.41, 5.74) is 5.19. The van der Waals surface area contributed by atoms with Gasteiger partial charge in [-0.2, -0.15) is 13.2 Å². The summed E-state index contributed by atoms with van der Waals surface area (Å²) in [4.78, 5) is 26.5. The van der Waals surface area contributed by atoms with Gasteiger partial charge in [-0.15, -0.1) is 0 Å². The SMILES string of the molecule is CC(=O)N1CCN(Cc2cccc(C(F)(F)F)c2)C[C@@H](C(N)=O)C1. The molecule has 0 bridgehead atoms. The highest BCUT2D eigenvalue weighted by molar-refractivity contribution is 5.79. The third kappa shape index (κ3) is 4.70. The first-order valence-corrected chi connectivity index (χ1v) is 7.60. The molecule has 0 radical (unpaired) electrons. The maximum atomic E-state index is 12.8. The van der Waals surface area contributed by atoms with Crippen LogP contribution in [0.2, 0.25) is 0 Å². The number of alkyl halides is 3. The average Bonchev–Trinajstić information content (AvgIpc) is 2.69. The van der Waals surface area contributed by atoms with Crippen LogP contribution in [0, 0.1) is 5.92 Å². The maximum Gasteiger partial charge on any atom is 0.416 e. The minimum atomic E-state index is -4.39. The lowest BCUT2D eigenvalue weighted by molar-refractivity contribution is -0.137. The molecule has 8 heteroatoms. The van der Waals surface area contributed by atoms with Gasteiger partial charge in [0.25, 0.3) is 0 Å². The van der Waals surface area contributed by atoms with E-state index in [0.29, 0.717) is 25.2 Å². The zero-order chi connectivity index (χ0) is 17.9. The van der Waals surface area contributed by atoms with Crippen molar-refractivity contribution in [3.05, 3.63) is 35.4 Å². The Labute approximate surface area is 138 Å². The van der Waals surface area contributed by atoms with E-state index < -0.39 is 23.6 Å². The van der Waals surface area contributed by atoms with Crippen molar-refractivity contribution in [2.75, 3.05) is 26.2 Å². The van der Waals surface area contributed by atoms with Crippen LogP contribution in [0.15, 0.2) is 24.3 Å². The average molecular weight is 343 g/mol. The molecule has 1 saturated heterocycles. The number of hydrogen-bond donors (Lipinski definition) is 1. The van der Waals surface area contributed by atoms with E-state index in [1.165, 1.54) is 13.0 Å². The first-order valence-electron chi connectivity index (χ1n) is 7.60. The topological polar surface area (TPSA) is 66.6 Å². The minimum absolute atomic E-state index is 0.151. The molecule has 24 heavy (non-hydrogen) atoms. The van der Waals surface area contributed by atoms with Crippen molar-refractivity contribution in [2.45, 2.75) is 19.6 Å². The second-order valence-corrected chi connectivity index (χ2v) is 6.00. The van der Waals surface area contributed by atoms with Crippen molar-refractivity contribution in [3.63, 3.8) is 0 Å². The smallest absolute Gasteiger partial charge is 0.369 e. The molecule has 5 nitrogen and oxygen atoms in total. The van der Waals surface area contributed by atoms with Crippen molar-refractivity contribution in [3.8, 4) is 0 Å². The van der Waals surface area contributed by atoms with Gasteiger partial charge in [0, 0.05) is 39.6 Å². The standard InChI is InChI=1S/C16H20F3N3O2/c1-11(23)22-6-5-21(9-13(10-22)15(20)24)8-12-3-2-4-14(7-12)16(17,18)19/h2-4,7,13H,5-6,8-10H2,1H3,(H2,20,24)/t13-/m1/s1. The Kier molecular flexibility index (Phi) is 5.48. The van der Waals surface area contributed by atoms with Gasteiger partial charge >= 0.3 is 6.18 Å². The molecule has 0 aromatic heterocycles. The van der Waals surface area contributed by atoms with Gasteiger partial charge in [0.1, 0.15) is 0 Å². The summed E-state index contributed by atoms with van der Waals surface area (Å²) in [6, 6.07) is 5.11. The molecule has 1 aliphatic rings. The molecule has 1 heterocycles. The second kappa shape index (κ2) is 7.21. The molecule has 0 spiro atoms. The Bertz CT molecular complexity index is 619. The number of rotatable bonds is 3. The lowest BCUT2D eigenvalue weighted by Crippen LogP contribution is -2.39.